The average Bonchev–Trinajstić information content (AvgIpc) is 2.43. The summed E-state index contributed by atoms with van der Waals surface area (Å²) >= 11 is 1.67. The molecule has 4 N–H and O–H groups in total. The Kier molecular flexibility index (Phi) is 9.86. The van der Waals surface area contributed by atoms with Gasteiger partial charge < -0.3 is 16.4 Å². The van der Waals surface area contributed by atoms with Crippen molar-refractivity contribution in [2.24, 2.45) is 5.73 Å². The molecule has 118 valence electrons. The van der Waals surface area contributed by atoms with E-state index >= 15 is 0 Å². The maximum Gasteiger partial charge on any atom is 0.237 e. The number of hydrogen-bond acceptors (Lipinski definition) is 4. The van der Waals surface area contributed by atoms with Crippen LogP contribution in [0.15, 0.2) is 24.3 Å². The number of thioether (sulfide) groups is 1. The molecule has 0 radical (unpaired) electrons. The first-order chi connectivity index (χ1) is 9.52. The fourth-order valence-corrected chi connectivity index (χ4v) is 2.10. The summed E-state index contributed by atoms with van der Waals surface area (Å²) in [6.45, 7) is 1.90. The average molecular weight is 332 g/mol. The predicted octanol–water partition coefficient (Wildman–Crippen LogP) is 1.76. The molecular formula is C14H22ClN3O2S. The van der Waals surface area contributed by atoms with Crippen molar-refractivity contribution < 1.29 is 9.59 Å². The molecule has 1 rings (SSSR count). The van der Waals surface area contributed by atoms with Crippen molar-refractivity contribution >= 4 is 41.7 Å². The predicted molar refractivity (Wildman–Crippen MR) is 90.8 cm³/mol. The lowest BCUT2D eigenvalue weighted by molar-refractivity contribution is -0.122. The van der Waals surface area contributed by atoms with Gasteiger partial charge in [-0.1, -0.05) is 12.1 Å². The zero-order valence-corrected chi connectivity index (χ0v) is 13.9. The Morgan fingerprint density at radius 3 is 2.43 bits per heavy atom. The molecule has 0 unspecified atom stereocenters. The molecule has 1 aromatic carbocycles. The van der Waals surface area contributed by atoms with Gasteiger partial charge in [0.1, 0.15) is 0 Å². The number of nitrogens with two attached hydrogens (primary N) is 1. The van der Waals surface area contributed by atoms with Gasteiger partial charge in [0.15, 0.2) is 0 Å². The van der Waals surface area contributed by atoms with Crippen LogP contribution in [-0.4, -0.2) is 29.9 Å². The Labute approximate surface area is 135 Å². The van der Waals surface area contributed by atoms with E-state index in [4.69, 9.17) is 5.73 Å². The van der Waals surface area contributed by atoms with Crippen molar-refractivity contribution in [3.8, 4) is 0 Å². The van der Waals surface area contributed by atoms with E-state index in [0.29, 0.717) is 13.0 Å². The number of carbonyl (C=O) groups excluding carboxylic acids is 2. The second-order valence-electron chi connectivity index (χ2n) is 4.48. The van der Waals surface area contributed by atoms with Gasteiger partial charge in [0, 0.05) is 19.2 Å². The van der Waals surface area contributed by atoms with Gasteiger partial charge in [0.25, 0.3) is 0 Å². The summed E-state index contributed by atoms with van der Waals surface area (Å²) in [7, 11) is 0. The molecule has 0 saturated heterocycles. The van der Waals surface area contributed by atoms with Gasteiger partial charge in [-0.2, -0.15) is 11.8 Å². The summed E-state index contributed by atoms with van der Waals surface area (Å²) in [6.07, 6.45) is 2.66. The molecule has 7 heteroatoms. The highest BCUT2D eigenvalue weighted by atomic mass is 35.5. The minimum absolute atomic E-state index is 0. The molecule has 2 amide bonds. The van der Waals surface area contributed by atoms with Crippen molar-refractivity contribution in [3.63, 3.8) is 0 Å². The molecule has 0 aliphatic rings. The van der Waals surface area contributed by atoms with Crippen LogP contribution in [0.25, 0.3) is 0 Å². The maximum absolute atomic E-state index is 11.7. The highest BCUT2D eigenvalue weighted by Crippen LogP contribution is 2.09. The van der Waals surface area contributed by atoms with E-state index < -0.39 is 6.04 Å². The summed E-state index contributed by atoms with van der Waals surface area (Å²) in [6, 6.07) is 6.87. The molecule has 0 saturated carbocycles. The minimum Gasteiger partial charge on any atom is -0.351 e. The summed E-state index contributed by atoms with van der Waals surface area (Å²) in [4.78, 5) is 22.6. The quantitative estimate of drug-likeness (QED) is 0.711. The van der Waals surface area contributed by atoms with E-state index in [1.54, 1.807) is 23.9 Å². The van der Waals surface area contributed by atoms with Crippen molar-refractivity contribution in [2.45, 2.75) is 25.9 Å². The maximum atomic E-state index is 11.7. The first kappa shape index (κ1) is 19.8. The van der Waals surface area contributed by atoms with Gasteiger partial charge in [-0.3, -0.25) is 9.59 Å². The second kappa shape index (κ2) is 10.5. The number of halogens is 1. The van der Waals surface area contributed by atoms with Gasteiger partial charge in [0.05, 0.1) is 6.04 Å². The van der Waals surface area contributed by atoms with Gasteiger partial charge in [-0.15, -0.1) is 12.4 Å². The number of rotatable bonds is 7. The van der Waals surface area contributed by atoms with Crippen LogP contribution >= 0.6 is 24.2 Å². The number of hydrogen-bond donors (Lipinski definition) is 3. The van der Waals surface area contributed by atoms with Crippen molar-refractivity contribution in [3.05, 3.63) is 29.8 Å². The first-order valence-corrected chi connectivity index (χ1v) is 7.81. The fourth-order valence-electron chi connectivity index (χ4n) is 1.61. The number of benzene rings is 1. The normalized spacial score (nSPS) is 11.2. The molecular weight excluding hydrogens is 310 g/mol. The van der Waals surface area contributed by atoms with Crippen LogP contribution in [0.4, 0.5) is 5.69 Å². The van der Waals surface area contributed by atoms with Crippen LogP contribution in [0, 0.1) is 0 Å². The van der Waals surface area contributed by atoms with Crippen molar-refractivity contribution in [2.75, 3.05) is 17.3 Å². The van der Waals surface area contributed by atoms with Crippen molar-refractivity contribution in [1.29, 1.82) is 0 Å². The van der Waals surface area contributed by atoms with E-state index in [1.807, 2.05) is 18.4 Å². The third kappa shape index (κ3) is 7.94. The number of anilines is 1. The number of nitrogens with one attached hydrogen (secondary N) is 2. The molecule has 0 fully saturated rings. The number of amides is 2. The van der Waals surface area contributed by atoms with Gasteiger partial charge in [0.2, 0.25) is 11.8 Å². The molecule has 0 spiro atoms. The lowest BCUT2D eigenvalue weighted by Crippen LogP contribution is -2.40. The Balaban J connectivity index is 0.00000400. The summed E-state index contributed by atoms with van der Waals surface area (Å²) in [5, 5.41) is 5.50. The van der Waals surface area contributed by atoms with Crippen molar-refractivity contribution in [1.82, 2.24) is 5.32 Å². The number of carbonyl (C=O) groups is 2. The van der Waals surface area contributed by atoms with Gasteiger partial charge in [-0.25, -0.2) is 0 Å². The summed E-state index contributed by atoms with van der Waals surface area (Å²) in [5.41, 5.74) is 7.48. The standard InChI is InChI=1S/C14H21N3O2S.ClH/c1-10(18)17-12-5-3-11(4-6-12)9-16-14(19)13(15)7-8-20-2;/h3-6,13H,7-9,15H2,1-2H3,(H,16,19)(H,17,18);1H/t13-;/m0./s1. The Hall–Kier alpha value is -1.24. The van der Waals surface area contributed by atoms with E-state index in [9.17, 15) is 9.59 Å². The topological polar surface area (TPSA) is 84.2 Å². The molecule has 5 nitrogen and oxygen atoms in total. The summed E-state index contributed by atoms with van der Waals surface area (Å²) in [5.74, 6) is 0.635. The molecule has 0 aliphatic carbocycles. The van der Waals surface area contributed by atoms with E-state index in [2.05, 4.69) is 10.6 Å². The molecule has 0 aliphatic heterocycles. The molecule has 0 heterocycles. The van der Waals surface area contributed by atoms with Crippen LogP contribution in [0.5, 0.6) is 0 Å². The third-order valence-corrected chi connectivity index (χ3v) is 3.35. The second-order valence-corrected chi connectivity index (χ2v) is 5.47. The monoisotopic (exact) mass is 331 g/mol. The lowest BCUT2D eigenvalue weighted by Gasteiger charge is -2.12. The van der Waals surface area contributed by atoms with Crippen LogP contribution in [0.1, 0.15) is 18.9 Å². The minimum atomic E-state index is -0.457. The lowest BCUT2D eigenvalue weighted by atomic mass is 10.2. The molecule has 1 atom stereocenters. The highest BCUT2D eigenvalue weighted by molar-refractivity contribution is 7.98. The zero-order chi connectivity index (χ0) is 15.0. The van der Waals surface area contributed by atoms with E-state index in [-0.39, 0.29) is 24.2 Å². The van der Waals surface area contributed by atoms with Crippen LogP contribution < -0.4 is 16.4 Å². The highest BCUT2D eigenvalue weighted by Gasteiger charge is 2.12. The molecule has 1 aromatic rings. The smallest absolute Gasteiger partial charge is 0.237 e. The van der Waals surface area contributed by atoms with Gasteiger partial charge >= 0.3 is 0 Å². The zero-order valence-electron chi connectivity index (χ0n) is 12.2. The molecule has 21 heavy (non-hydrogen) atoms. The molecule has 0 bridgehead atoms. The van der Waals surface area contributed by atoms with Crippen LogP contribution in [0.2, 0.25) is 0 Å². The third-order valence-electron chi connectivity index (χ3n) is 2.71. The Bertz CT molecular complexity index is 454. The summed E-state index contributed by atoms with van der Waals surface area (Å²) < 4.78 is 0. The van der Waals surface area contributed by atoms with E-state index in [0.717, 1.165) is 17.0 Å². The fraction of sp³-hybridized carbons (Fsp3) is 0.429. The van der Waals surface area contributed by atoms with Crippen LogP contribution in [0.3, 0.4) is 0 Å². The van der Waals surface area contributed by atoms with Crippen LogP contribution in [-0.2, 0) is 16.1 Å². The Morgan fingerprint density at radius 1 is 1.29 bits per heavy atom. The Morgan fingerprint density at radius 2 is 1.90 bits per heavy atom. The molecule has 0 aromatic heterocycles. The van der Waals surface area contributed by atoms with E-state index in [1.165, 1.54) is 6.92 Å². The SMILES string of the molecule is CSCC[C@H](N)C(=O)NCc1ccc(NC(C)=O)cc1.Cl. The van der Waals surface area contributed by atoms with Gasteiger partial charge in [-0.05, 0) is 36.1 Å². The largest absolute Gasteiger partial charge is 0.351 e. The first-order valence-electron chi connectivity index (χ1n) is 6.41.